The highest BCUT2D eigenvalue weighted by atomic mass is 32.2. The SMILES string of the molecule is CN(Cc1ccc(OC(F)F)cc1)C(=O)Nc1ccccc1CS(C)(=O)=O. The Labute approximate surface area is 156 Å². The summed E-state index contributed by atoms with van der Waals surface area (Å²) >= 11 is 0. The Morgan fingerprint density at radius 2 is 1.78 bits per heavy atom. The Morgan fingerprint density at radius 3 is 2.37 bits per heavy atom. The van der Waals surface area contributed by atoms with Gasteiger partial charge in [0.05, 0.1) is 5.75 Å². The Balaban J connectivity index is 2.02. The van der Waals surface area contributed by atoms with Gasteiger partial charge in [0.2, 0.25) is 0 Å². The topological polar surface area (TPSA) is 75.7 Å². The van der Waals surface area contributed by atoms with Crippen LogP contribution in [-0.2, 0) is 22.1 Å². The minimum atomic E-state index is -3.25. The third kappa shape index (κ3) is 6.86. The van der Waals surface area contributed by atoms with Crippen LogP contribution in [0.25, 0.3) is 0 Å². The average Bonchev–Trinajstić information content (AvgIpc) is 2.56. The number of para-hydroxylation sites is 1. The number of sulfone groups is 1. The Hall–Kier alpha value is -2.68. The molecule has 0 atom stereocenters. The van der Waals surface area contributed by atoms with E-state index in [4.69, 9.17) is 0 Å². The summed E-state index contributed by atoms with van der Waals surface area (Å²) in [6.07, 6.45) is 1.12. The molecule has 2 aromatic carbocycles. The van der Waals surface area contributed by atoms with Gasteiger partial charge in [-0.25, -0.2) is 13.2 Å². The summed E-state index contributed by atoms with van der Waals surface area (Å²) in [7, 11) is -1.68. The highest BCUT2D eigenvalue weighted by Gasteiger charge is 2.14. The van der Waals surface area contributed by atoms with Crippen LogP contribution in [0.15, 0.2) is 48.5 Å². The number of ether oxygens (including phenoxy) is 1. The van der Waals surface area contributed by atoms with E-state index in [9.17, 15) is 22.0 Å². The monoisotopic (exact) mass is 398 g/mol. The Bertz CT molecular complexity index is 886. The van der Waals surface area contributed by atoms with E-state index in [-0.39, 0.29) is 18.0 Å². The van der Waals surface area contributed by atoms with Crippen molar-refractivity contribution in [3.05, 3.63) is 59.7 Å². The number of nitrogens with one attached hydrogen (secondary N) is 1. The van der Waals surface area contributed by atoms with Crippen LogP contribution >= 0.6 is 0 Å². The van der Waals surface area contributed by atoms with E-state index in [0.29, 0.717) is 11.3 Å². The highest BCUT2D eigenvalue weighted by Crippen LogP contribution is 2.19. The van der Waals surface area contributed by atoms with Gasteiger partial charge >= 0.3 is 12.6 Å². The fourth-order valence-corrected chi connectivity index (χ4v) is 3.20. The van der Waals surface area contributed by atoms with Gasteiger partial charge in [0.15, 0.2) is 9.84 Å². The van der Waals surface area contributed by atoms with E-state index in [1.165, 1.54) is 17.0 Å². The Kier molecular flexibility index (Phi) is 6.73. The number of alkyl halides is 2. The summed E-state index contributed by atoms with van der Waals surface area (Å²) in [5, 5.41) is 2.69. The lowest BCUT2D eigenvalue weighted by Crippen LogP contribution is -2.31. The summed E-state index contributed by atoms with van der Waals surface area (Å²) < 4.78 is 51.7. The molecular formula is C18H20F2N2O4S. The zero-order valence-corrected chi connectivity index (χ0v) is 15.7. The molecule has 0 saturated carbocycles. The summed E-state index contributed by atoms with van der Waals surface area (Å²) in [5.74, 6) is -0.144. The van der Waals surface area contributed by atoms with Crippen LogP contribution in [-0.4, -0.2) is 39.3 Å². The van der Waals surface area contributed by atoms with Crippen molar-refractivity contribution in [1.29, 1.82) is 0 Å². The number of halogens is 2. The van der Waals surface area contributed by atoms with Gasteiger partial charge in [-0.05, 0) is 29.3 Å². The molecule has 0 heterocycles. The third-order valence-electron chi connectivity index (χ3n) is 3.59. The van der Waals surface area contributed by atoms with E-state index in [0.717, 1.165) is 11.8 Å². The molecule has 0 aromatic heterocycles. The second kappa shape index (κ2) is 8.81. The van der Waals surface area contributed by atoms with Crippen LogP contribution in [0.1, 0.15) is 11.1 Å². The molecule has 0 bridgehead atoms. The fourth-order valence-electron chi connectivity index (χ4n) is 2.38. The van der Waals surface area contributed by atoms with Gasteiger partial charge in [0.1, 0.15) is 5.75 Å². The molecule has 0 radical (unpaired) electrons. The maximum Gasteiger partial charge on any atom is 0.387 e. The van der Waals surface area contributed by atoms with Crippen molar-refractivity contribution in [2.24, 2.45) is 0 Å². The van der Waals surface area contributed by atoms with Gasteiger partial charge in [0.25, 0.3) is 0 Å². The van der Waals surface area contributed by atoms with Crippen molar-refractivity contribution in [2.45, 2.75) is 18.9 Å². The second-order valence-electron chi connectivity index (χ2n) is 6.04. The second-order valence-corrected chi connectivity index (χ2v) is 8.18. The highest BCUT2D eigenvalue weighted by molar-refractivity contribution is 7.89. The summed E-state index contributed by atoms with van der Waals surface area (Å²) in [6, 6.07) is 12.2. The first-order valence-electron chi connectivity index (χ1n) is 7.95. The maximum atomic E-state index is 12.4. The smallest absolute Gasteiger partial charge is 0.387 e. The van der Waals surface area contributed by atoms with E-state index >= 15 is 0 Å². The molecule has 0 saturated heterocycles. The van der Waals surface area contributed by atoms with E-state index in [1.54, 1.807) is 43.4 Å². The first-order chi connectivity index (χ1) is 12.6. The summed E-state index contributed by atoms with van der Waals surface area (Å²) in [6.45, 7) is -2.66. The number of rotatable bonds is 7. The minimum absolute atomic E-state index is 0.0376. The largest absolute Gasteiger partial charge is 0.435 e. The zero-order valence-electron chi connectivity index (χ0n) is 14.9. The molecule has 146 valence electrons. The molecule has 0 aliphatic heterocycles. The number of urea groups is 1. The first-order valence-corrected chi connectivity index (χ1v) is 10.0. The Morgan fingerprint density at radius 1 is 1.15 bits per heavy atom. The molecule has 0 aliphatic rings. The van der Waals surface area contributed by atoms with Crippen LogP contribution in [0.5, 0.6) is 5.75 Å². The van der Waals surface area contributed by atoms with Crippen molar-refractivity contribution in [3.63, 3.8) is 0 Å². The number of amides is 2. The number of anilines is 1. The quantitative estimate of drug-likeness (QED) is 0.775. The van der Waals surface area contributed by atoms with Gasteiger partial charge in [-0.2, -0.15) is 8.78 Å². The van der Waals surface area contributed by atoms with Crippen LogP contribution in [0, 0.1) is 0 Å². The predicted molar refractivity (Wildman–Crippen MR) is 98.5 cm³/mol. The maximum absolute atomic E-state index is 12.4. The lowest BCUT2D eigenvalue weighted by atomic mass is 10.2. The van der Waals surface area contributed by atoms with E-state index in [2.05, 4.69) is 10.1 Å². The van der Waals surface area contributed by atoms with Crippen molar-refractivity contribution >= 4 is 21.6 Å². The molecule has 2 aromatic rings. The summed E-state index contributed by atoms with van der Waals surface area (Å²) in [4.78, 5) is 13.8. The minimum Gasteiger partial charge on any atom is -0.435 e. The van der Waals surface area contributed by atoms with Crippen molar-refractivity contribution in [2.75, 3.05) is 18.6 Å². The lowest BCUT2D eigenvalue weighted by molar-refractivity contribution is -0.0498. The number of hydrogen-bond donors (Lipinski definition) is 1. The molecule has 2 rings (SSSR count). The number of hydrogen-bond acceptors (Lipinski definition) is 4. The molecule has 9 heteroatoms. The van der Waals surface area contributed by atoms with Gasteiger partial charge in [-0.3, -0.25) is 0 Å². The molecule has 0 spiro atoms. The van der Waals surface area contributed by atoms with Crippen LogP contribution < -0.4 is 10.1 Å². The van der Waals surface area contributed by atoms with Crippen molar-refractivity contribution in [3.8, 4) is 5.75 Å². The normalized spacial score (nSPS) is 11.3. The molecule has 6 nitrogen and oxygen atoms in total. The third-order valence-corrected chi connectivity index (χ3v) is 4.43. The van der Waals surface area contributed by atoms with Gasteiger partial charge in [-0.1, -0.05) is 30.3 Å². The lowest BCUT2D eigenvalue weighted by Gasteiger charge is -2.19. The van der Waals surface area contributed by atoms with E-state index in [1.807, 2.05) is 0 Å². The number of carbonyl (C=O) groups is 1. The zero-order chi connectivity index (χ0) is 20.0. The van der Waals surface area contributed by atoms with Gasteiger partial charge in [-0.15, -0.1) is 0 Å². The van der Waals surface area contributed by atoms with E-state index < -0.39 is 22.5 Å². The molecule has 0 aliphatic carbocycles. The van der Waals surface area contributed by atoms with Crippen LogP contribution in [0.3, 0.4) is 0 Å². The number of carbonyl (C=O) groups excluding carboxylic acids is 1. The molecule has 2 amide bonds. The van der Waals surface area contributed by atoms with Crippen molar-refractivity contribution < 1.29 is 26.7 Å². The summed E-state index contributed by atoms with van der Waals surface area (Å²) in [5.41, 5.74) is 1.63. The molecular weight excluding hydrogens is 378 g/mol. The first kappa shape index (κ1) is 20.6. The standard InChI is InChI=1S/C18H20F2N2O4S/c1-22(11-13-7-9-15(10-8-13)26-17(19)20)18(23)21-16-6-4-3-5-14(16)12-27(2,24)25/h3-10,17H,11-12H2,1-2H3,(H,21,23). The van der Waals surface area contributed by atoms with Gasteiger partial charge in [0, 0.05) is 25.5 Å². The number of benzene rings is 2. The van der Waals surface area contributed by atoms with Crippen LogP contribution in [0.2, 0.25) is 0 Å². The fraction of sp³-hybridized carbons (Fsp3) is 0.278. The number of nitrogens with zero attached hydrogens (tertiary/aromatic N) is 1. The van der Waals surface area contributed by atoms with Crippen molar-refractivity contribution in [1.82, 2.24) is 4.90 Å². The van der Waals surface area contributed by atoms with Gasteiger partial charge < -0.3 is 15.0 Å². The molecule has 27 heavy (non-hydrogen) atoms. The molecule has 0 unspecified atom stereocenters. The average molecular weight is 398 g/mol. The van der Waals surface area contributed by atoms with Crippen LogP contribution in [0.4, 0.5) is 19.3 Å². The predicted octanol–water partition coefficient (Wildman–Crippen LogP) is 3.50. The molecule has 0 fully saturated rings. The molecule has 1 N–H and O–H groups in total.